The number of alkyl halides is 3. The maximum atomic E-state index is 13.3. The van der Waals surface area contributed by atoms with Gasteiger partial charge in [-0.2, -0.15) is 18.3 Å². The first-order chi connectivity index (χ1) is 11.8. The van der Waals surface area contributed by atoms with Crippen LogP contribution in [-0.2, 0) is 17.5 Å². The van der Waals surface area contributed by atoms with E-state index < -0.39 is 17.6 Å². The monoisotopic (exact) mass is 348 g/mol. The fourth-order valence-corrected chi connectivity index (χ4v) is 2.67. The standard InChI is InChI=1S/C17H15F3N4O/c1-10-8-13(17(18,19)20)15-11(2)23-24(16(15)21-10)9-14(25)22-12-6-4-3-5-7-12/h3-8H,9H2,1-2H3,(H,22,25). The molecule has 3 aromatic rings. The molecule has 1 amide bonds. The molecule has 0 atom stereocenters. The first-order valence-corrected chi connectivity index (χ1v) is 7.52. The molecule has 0 saturated heterocycles. The number of anilines is 1. The van der Waals surface area contributed by atoms with Crippen molar-refractivity contribution in [3.63, 3.8) is 0 Å². The molecule has 0 aliphatic heterocycles. The first-order valence-electron chi connectivity index (χ1n) is 7.52. The molecule has 3 rings (SSSR count). The van der Waals surface area contributed by atoms with Crippen LogP contribution in [0.25, 0.3) is 11.0 Å². The Morgan fingerprint density at radius 3 is 2.52 bits per heavy atom. The highest BCUT2D eigenvalue weighted by atomic mass is 19.4. The van der Waals surface area contributed by atoms with Crippen LogP contribution >= 0.6 is 0 Å². The lowest BCUT2D eigenvalue weighted by molar-refractivity contribution is -0.136. The number of hydrogen-bond acceptors (Lipinski definition) is 3. The van der Waals surface area contributed by atoms with Gasteiger partial charge in [0.15, 0.2) is 5.65 Å². The van der Waals surface area contributed by atoms with Crippen molar-refractivity contribution in [3.8, 4) is 0 Å². The van der Waals surface area contributed by atoms with Gasteiger partial charge in [0.2, 0.25) is 5.91 Å². The molecule has 1 N–H and O–H groups in total. The van der Waals surface area contributed by atoms with Crippen molar-refractivity contribution in [1.29, 1.82) is 0 Å². The Kier molecular flexibility index (Phi) is 4.20. The lowest BCUT2D eigenvalue weighted by atomic mass is 10.1. The molecule has 0 saturated carbocycles. The largest absolute Gasteiger partial charge is 0.417 e. The van der Waals surface area contributed by atoms with E-state index in [4.69, 9.17) is 0 Å². The highest BCUT2D eigenvalue weighted by Gasteiger charge is 2.35. The predicted octanol–water partition coefficient (Wildman–Crippen LogP) is 3.71. The second-order valence-corrected chi connectivity index (χ2v) is 5.66. The molecule has 0 fully saturated rings. The quantitative estimate of drug-likeness (QED) is 0.785. The molecule has 0 radical (unpaired) electrons. The van der Waals surface area contributed by atoms with Gasteiger partial charge < -0.3 is 5.32 Å². The topological polar surface area (TPSA) is 59.8 Å². The van der Waals surface area contributed by atoms with Crippen molar-refractivity contribution < 1.29 is 18.0 Å². The zero-order valence-electron chi connectivity index (χ0n) is 13.6. The number of amides is 1. The van der Waals surface area contributed by atoms with Crippen molar-refractivity contribution in [2.45, 2.75) is 26.6 Å². The number of hydrogen-bond donors (Lipinski definition) is 1. The predicted molar refractivity (Wildman–Crippen MR) is 87.1 cm³/mol. The summed E-state index contributed by atoms with van der Waals surface area (Å²) < 4.78 is 41.1. The summed E-state index contributed by atoms with van der Waals surface area (Å²) in [6.07, 6.45) is -4.52. The molecule has 2 heterocycles. The third kappa shape index (κ3) is 3.47. The summed E-state index contributed by atoms with van der Waals surface area (Å²) in [6.45, 7) is 2.72. The molecule has 5 nitrogen and oxygen atoms in total. The third-order valence-corrected chi connectivity index (χ3v) is 3.66. The fraction of sp³-hybridized carbons (Fsp3) is 0.235. The maximum absolute atomic E-state index is 13.3. The molecule has 25 heavy (non-hydrogen) atoms. The van der Waals surface area contributed by atoms with Gasteiger partial charge in [-0.25, -0.2) is 9.67 Å². The number of carbonyl (C=O) groups excluding carboxylic acids is 1. The Morgan fingerprint density at radius 1 is 1.20 bits per heavy atom. The van der Waals surface area contributed by atoms with Gasteiger partial charge in [-0.3, -0.25) is 4.79 Å². The minimum atomic E-state index is -4.52. The van der Waals surface area contributed by atoms with E-state index in [1.807, 2.05) is 6.07 Å². The Hall–Kier alpha value is -2.90. The van der Waals surface area contributed by atoms with Gasteiger partial charge in [-0.1, -0.05) is 18.2 Å². The second kappa shape index (κ2) is 6.19. The van der Waals surface area contributed by atoms with E-state index in [9.17, 15) is 18.0 Å². The van der Waals surface area contributed by atoms with Crippen LogP contribution in [0.1, 0.15) is 17.0 Å². The smallest absolute Gasteiger partial charge is 0.324 e. The molecular formula is C17H15F3N4O. The van der Waals surface area contributed by atoms with Crippen molar-refractivity contribution in [2.75, 3.05) is 5.32 Å². The van der Waals surface area contributed by atoms with E-state index in [2.05, 4.69) is 15.4 Å². The van der Waals surface area contributed by atoms with Crippen molar-refractivity contribution in [3.05, 3.63) is 53.3 Å². The van der Waals surface area contributed by atoms with Crippen LogP contribution in [0.5, 0.6) is 0 Å². The average Bonchev–Trinajstić information content (AvgIpc) is 2.82. The van der Waals surface area contributed by atoms with Crippen molar-refractivity contribution in [1.82, 2.24) is 14.8 Å². The van der Waals surface area contributed by atoms with Gasteiger partial charge in [0.05, 0.1) is 16.6 Å². The Labute approximate surface area is 141 Å². The molecule has 130 valence electrons. The first kappa shape index (κ1) is 16.9. The molecule has 8 heteroatoms. The lowest BCUT2D eigenvalue weighted by Crippen LogP contribution is -2.20. The molecule has 2 aromatic heterocycles. The number of rotatable bonds is 3. The SMILES string of the molecule is Cc1cc(C(F)(F)F)c2c(C)nn(CC(=O)Nc3ccccc3)c2n1. The van der Waals surface area contributed by atoms with Gasteiger partial charge in [0.1, 0.15) is 6.54 Å². The summed E-state index contributed by atoms with van der Waals surface area (Å²) in [7, 11) is 0. The maximum Gasteiger partial charge on any atom is 0.417 e. The molecule has 0 unspecified atom stereocenters. The van der Waals surface area contributed by atoms with E-state index in [1.54, 1.807) is 24.3 Å². The van der Waals surface area contributed by atoms with E-state index >= 15 is 0 Å². The van der Waals surface area contributed by atoms with Crippen molar-refractivity contribution in [2.24, 2.45) is 0 Å². The zero-order valence-corrected chi connectivity index (χ0v) is 13.6. The summed E-state index contributed by atoms with van der Waals surface area (Å²) in [6, 6.07) is 9.77. The third-order valence-electron chi connectivity index (χ3n) is 3.66. The average molecular weight is 348 g/mol. The van der Waals surface area contributed by atoms with Crippen LogP contribution in [0.4, 0.5) is 18.9 Å². The second-order valence-electron chi connectivity index (χ2n) is 5.66. The van der Waals surface area contributed by atoms with Gasteiger partial charge in [0, 0.05) is 11.4 Å². The minimum Gasteiger partial charge on any atom is -0.324 e. The number of halogens is 3. The van der Waals surface area contributed by atoms with E-state index in [0.29, 0.717) is 5.69 Å². The van der Waals surface area contributed by atoms with Gasteiger partial charge in [-0.15, -0.1) is 0 Å². The summed E-state index contributed by atoms with van der Waals surface area (Å²) in [4.78, 5) is 16.3. The van der Waals surface area contributed by atoms with E-state index in [1.165, 1.54) is 18.5 Å². The van der Waals surface area contributed by atoms with Gasteiger partial charge in [-0.05, 0) is 32.0 Å². The molecule has 1 aromatic carbocycles. The van der Waals surface area contributed by atoms with Crippen molar-refractivity contribution >= 4 is 22.6 Å². The van der Waals surface area contributed by atoms with Crippen LogP contribution in [-0.4, -0.2) is 20.7 Å². The number of nitrogens with zero attached hydrogens (tertiary/aromatic N) is 3. The Balaban J connectivity index is 1.98. The number of benzene rings is 1. The number of fused-ring (bicyclic) bond motifs is 1. The minimum absolute atomic E-state index is 0.0491. The number of aryl methyl sites for hydroxylation is 2. The lowest BCUT2D eigenvalue weighted by Gasteiger charge is -2.10. The van der Waals surface area contributed by atoms with Crippen LogP contribution in [0.15, 0.2) is 36.4 Å². The highest BCUT2D eigenvalue weighted by Crippen LogP contribution is 2.36. The number of pyridine rings is 1. The highest BCUT2D eigenvalue weighted by molar-refractivity contribution is 5.92. The summed E-state index contributed by atoms with van der Waals surface area (Å²) in [5.41, 5.74) is 0.253. The molecule has 0 bridgehead atoms. The van der Waals surface area contributed by atoms with Gasteiger partial charge >= 0.3 is 6.18 Å². The Bertz CT molecular complexity index is 932. The summed E-state index contributed by atoms with van der Waals surface area (Å²) in [5.74, 6) is -0.396. The van der Waals surface area contributed by atoms with E-state index in [-0.39, 0.29) is 29.0 Å². The van der Waals surface area contributed by atoms with E-state index in [0.717, 1.165) is 6.07 Å². The molecular weight excluding hydrogens is 333 g/mol. The fourth-order valence-electron chi connectivity index (χ4n) is 2.67. The summed E-state index contributed by atoms with van der Waals surface area (Å²) >= 11 is 0. The van der Waals surface area contributed by atoms with Crippen LogP contribution < -0.4 is 5.32 Å². The zero-order chi connectivity index (χ0) is 18.2. The Morgan fingerprint density at radius 2 is 1.88 bits per heavy atom. The normalized spacial score (nSPS) is 11.7. The van der Waals surface area contributed by atoms with Crippen LogP contribution in [0.3, 0.4) is 0 Å². The van der Waals surface area contributed by atoms with Crippen LogP contribution in [0.2, 0.25) is 0 Å². The number of para-hydroxylation sites is 1. The number of nitrogens with one attached hydrogen (secondary N) is 1. The molecule has 0 spiro atoms. The summed E-state index contributed by atoms with van der Waals surface area (Å²) in [5, 5.41) is 6.68. The molecule has 0 aliphatic rings. The number of carbonyl (C=O) groups is 1. The molecule has 0 aliphatic carbocycles. The van der Waals surface area contributed by atoms with Gasteiger partial charge in [0.25, 0.3) is 0 Å². The number of aromatic nitrogens is 3. The van der Waals surface area contributed by atoms with Crippen LogP contribution in [0, 0.1) is 13.8 Å².